The average Bonchev–Trinajstić information content (AvgIpc) is 2.80. The number of benzene rings is 1. The number of halogens is 1. The van der Waals surface area contributed by atoms with E-state index in [4.69, 9.17) is 21.1 Å². The van der Waals surface area contributed by atoms with E-state index in [1.807, 2.05) is 6.92 Å². The Morgan fingerprint density at radius 3 is 2.62 bits per heavy atom. The summed E-state index contributed by atoms with van der Waals surface area (Å²) < 4.78 is 11.1. The first-order valence-electron chi connectivity index (χ1n) is 7.47. The van der Waals surface area contributed by atoms with Crippen molar-refractivity contribution in [2.45, 2.75) is 13.8 Å². The van der Waals surface area contributed by atoms with E-state index in [2.05, 4.69) is 6.58 Å². The Hall–Kier alpha value is -1.92. The molecule has 128 valence electrons. The fourth-order valence-corrected chi connectivity index (χ4v) is 3.32. The third kappa shape index (κ3) is 3.94. The Kier molecular flexibility index (Phi) is 6.34. The van der Waals surface area contributed by atoms with Gasteiger partial charge < -0.3 is 9.47 Å². The topological polar surface area (TPSA) is 55.8 Å². The number of carbonyl (C=O) groups is 2. The molecule has 0 radical (unpaired) electrons. The molecule has 0 bridgehead atoms. The van der Waals surface area contributed by atoms with Gasteiger partial charge in [0.05, 0.1) is 16.5 Å². The minimum atomic E-state index is -0.298. The molecule has 0 aliphatic carbocycles. The molecule has 1 saturated heterocycles. The smallest absolute Gasteiger partial charge is 0.293 e. The van der Waals surface area contributed by atoms with Crippen LogP contribution in [0, 0.1) is 0 Å². The van der Waals surface area contributed by atoms with Crippen LogP contribution in [0.1, 0.15) is 19.4 Å². The normalized spacial score (nSPS) is 16.0. The number of nitrogens with zero attached hydrogens (tertiary/aromatic N) is 1. The Labute approximate surface area is 150 Å². The molecule has 2 rings (SSSR count). The molecular formula is C17H18ClNO4S. The van der Waals surface area contributed by atoms with Crippen LogP contribution in [-0.2, 0) is 4.79 Å². The molecule has 1 aromatic carbocycles. The Morgan fingerprint density at radius 1 is 1.29 bits per heavy atom. The number of hydrogen-bond acceptors (Lipinski definition) is 5. The number of rotatable bonds is 7. The summed E-state index contributed by atoms with van der Waals surface area (Å²) in [6, 6.07) is 3.40. The second-order valence-corrected chi connectivity index (χ2v) is 6.19. The van der Waals surface area contributed by atoms with Crippen LogP contribution in [0.15, 0.2) is 29.7 Å². The number of ether oxygens (including phenoxy) is 2. The van der Waals surface area contributed by atoms with Crippen molar-refractivity contribution >= 4 is 40.6 Å². The van der Waals surface area contributed by atoms with E-state index in [0.29, 0.717) is 46.7 Å². The van der Waals surface area contributed by atoms with Gasteiger partial charge in [0.15, 0.2) is 11.5 Å². The van der Waals surface area contributed by atoms with Crippen molar-refractivity contribution < 1.29 is 19.1 Å². The lowest BCUT2D eigenvalue weighted by molar-refractivity contribution is -0.122. The van der Waals surface area contributed by atoms with Crippen LogP contribution in [0.5, 0.6) is 11.5 Å². The molecule has 1 heterocycles. The van der Waals surface area contributed by atoms with Crippen LogP contribution in [0.2, 0.25) is 5.02 Å². The van der Waals surface area contributed by atoms with Gasteiger partial charge in [-0.05, 0) is 49.4 Å². The van der Waals surface area contributed by atoms with Crippen molar-refractivity contribution in [1.29, 1.82) is 0 Å². The monoisotopic (exact) mass is 367 g/mol. The standard InChI is InChI=1S/C17H18ClNO4S/c1-4-7-23-15-12(18)8-11(9-13(15)22-6-3)10-14-16(20)19(5-2)17(21)24-14/h4,8-10H,1,5-7H2,2-3H3/b14-10+. The number of carbonyl (C=O) groups excluding carboxylic acids is 2. The molecule has 1 aromatic rings. The zero-order chi connectivity index (χ0) is 17.7. The first-order valence-corrected chi connectivity index (χ1v) is 8.66. The largest absolute Gasteiger partial charge is 0.490 e. The molecule has 0 N–H and O–H groups in total. The van der Waals surface area contributed by atoms with E-state index in [1.165, 1.54) is 4.90 Å². The van der Waals surface area contributed by atoms with Gasteiger partial charge in [-0.1, -0.05) is 24.3 Å². The summed E-state index contributed by atoms with van der Waals surface area (Å²) in [5.41, 5.74) is 0.663. The first-order chi connectivity index (χ1) is 11.5. The van der Waals surface area contributed by atoms with Crippen LogP contribution in [0.25, 0.3) is 6.08 Å². The molecule has 0 spiro atoms. The summed E-state index contributed by atoms with van der Waals surface area (Å²) in [6.45, 7) is 8.30. The van der Waals surface area contributed by atoms with Gasteiger partial charge in [0.25, 0.3) is 11.1 Å². The quantitative estimate of drug-likeness (QED) is 0.529. The summed E-state index contributed by atoms with van der Waals surface area (Å²) in [5, 5.41) is 0.0968. The van der Waals surface area contributed by atoms with Gasteiger partial charge in [-0.2, -0.15) is 0 Å². The van der Waals surface area contributed by atoms with E-state index in [9.17, 15) is 9.59 Å². The summed E-state index contributed by atoms with van der Waals surface area (Å²) in [5.74, 6) is 0.610. The summed E-state index contributed by atoms with van der Waals surface area (Å²) in [7, 11) is 0. The third-order valence-corrected chi connectivity index (χ3v) is 4.35. The van der Waals surface area contributed by atoms with Crippen LogP contribution in [-0.4, -0.2) is 35.8 Å². The molecule has 0 saturated carbocycles. The highest BCUT2D eigenvalue weighted by atomic mass is 35.5. The molecule has 1 aliphatic heterocycles. The zero-order valence-electron chi connectivity index (χ0n) is 13.5. The van der Waals surface area contributed by atoms with E-state index >= 15 is 0 Å². The highest BCUT2D eigenvalue weighted by molar-refractivity contribution is 8.18. The molecule has 0 atom stereocenters. The van der Waals surface area contributed by atoms with Crippen molar-refractivity contribution in [2.24, 2.45) is 0 Å². The number of thioether (sulfide) groups is 1. The lowest BCUT2D eigenvalue weighted by Gasteiger charge is -2.13. The molecule has 2 amide bonds. The zero-order valence-corrected chi connectivity index (χ0v) is 15.1. The molecule has 1 aliphatic rings. The molecule has 1 fully saturated rings. The van der Waals surface area contributed by atoms with Crippen LogP contribution < -0.4 is 9.47 Å². The van der Waals surface area contributed by atoms with Crippen LogP contribution in [0.4, 0.5) is 4.79 Å². The lowest BCUT2D eigenvalue weighted by Crippen LogP contribution is -2.27. The van der Waals surface area contributed by atoms with Gasteiger partial charge >= 0.3 is 0 Å². The van der Waals surface area contributed by atoms with E-state index in [1.54, 1.807) is 31.2 Å². The van der Waals surface area contributed by atoms with Crippen molar-refractivity contribution in [3.8, 4) is 11.5 Å². The van der Waals surface area contributed by atoms with Crippen molar-refractivity contribution in [3.05, 3.63) is 40.3 Å². The van der Waals surface area contributed by atoms with E-state index < -0.39 is 0 Å². The fraction of sp³-hybridized carbons (Fsp3) is 0.294. The Balaban J connectivity index is 2.38. The van der Waals surface area contributed by atoms with E-state index in [0.717, 1.165) is 11.8 Å². The maximum Gasteiger partial charge on any atom is 0.293 e. The second kappa shape index (κ2) is 8.26. The maximum absolute atomic E-state index is 12.2. The van der Waals surface area contributed by atoms with Gasteiger partial charge in [0, 0.05) is 6.54 Å². The Bertz CT molecular complexity index is 702. The number of hydrogen-bond donors (Lipinski definition) is 0. The molecule has 7 heteroatoms. The van der Waals surface area contributed by atoms with Crippen LogP contribution >= 0.6 is 23.4 Å². The Morgan fingerprint density at radius 2 is 2.04 bits per heavy atom. The average molecular weight is 368 g/mol. The van der Waals surface area contributed by atoms with Crippen LogP contribution in [0.3, 0.4) is 0 Å². The lowest BCUT2D eigenvalue weighted by atomic mass is 10.1. The minimum absolute atomic E-state index is 0.268. The summed E-state index contributed by atoms with van der Waals surface area (Å²) in [6.07, 6.45) is 3.24. The number of likely N-dealkylation sites (N-methyl/N-ethyl adjacent to an activating group) is 1. The molecule has 0 unspecified atom stereocenters. The van der Waals surface area contributed by atoms with Gasteiger partial charge in [-0.3, -0.25) is 14.5 Å². The first kappa shape index (κ1) is 18.4. The van der Waals surface area contributed by atoms with Crippen molar-refractivity contribution in [3.63, 3.8) is 0 Å². The minimum Gasteiger partial charge on any atom is -0.490 e. The second-order valence-electron chi connectivity index (χ2n) is 4.79. The number of imide groups is 1. The van der Waals surface area contributed by atoms with Gasteiger partial charge in [0.1, 0.15) is 6.61 Å². The maximum atomic E-state index is 12.2. The van der Waals surface area contributed by atoms with Gasteiger partial charge in [-0.25, -0.2) is 0 Å². The summed E-state index contributed by atoms with van der Waals surface area (Å²) in [4.78, 5) is 25.5. The molecule has 24 heavy (non-hydrogen) atoms. The predicted octanol–water partition coefficient (Wildman–Crippen LogP) is 4.36. The van der Waals surface area contributed by atoms with Crippen molar-refractivity contribution in [1.82, 2.24) is 4.90 Å². The molecular weight excluding hydrogens is 350 g/mol. The predicted molar refractivity (Wildman–Crippen MR) is 96.7 cm³/mol. The van der Waals surface area contributed by atoms with Crippen molar-refractivity contribution in [2.75, 3.05) is 19.8 Å². The fourth-order valence-electron chi connectivity index (χ4n) is 2.14. The van der Waals surface area contributed by atoms with Gasteiger partial charge in [-0.15, -0.1) is 0 Å². The highest BCUT2D eigenvalue weighted by Crippen LogP contribution is 2.39. The molecule has 0 aromatic heterocycles. The number of amides is 2. The summed E-state index contributed by atoms with van der Waals surface area (Å²) >= 11 is 7.19. The third-order valence-electron chi connectivity index (χ3n) is 3.16. The van der Waals surface area contributed by atoms with Gasteiger partial charge in [0.2, 0.25) is 0 Å². The SMILES string of the molecule is C=CCOc1c(Cl)cc(/C=C2/SC(=O)N(CC)C2=O)cc1OCC. The molecule has 5 nitrogen and oxygen atoms in total. The highest BCUT2D eigenvalue weighted by Gasteiger charge is 2.33. The van der Waals surface area contributed by atoms with E-state index in [-0.39, 0.29) is 11.1 Å².